The number of ether oxygens (including phenoxy) is 1. The van der Waals surface area contributed by atoms with Gasteiger partial charge in [0, 0.05) is 24.7 Å². The molecule has 1 aromatic rings. The molecule has 0 aliphatic carbocycles. The summed E-state index contributed by atoms with van der Waals surface area (Å²) in [7, 11) is 1.63. The first kappa shape index (κ1) is 14.1. The van der Waals surface area contributed by atoms with Gasteiger partial charge in [0.2, 0.25) is 5.88 Å². The monoisotopic (exact) mass is 264 g/mol. The number of aromatic nitrogens is 2. The lowest BCUT2D eigenvalue weighted by molar-refractivity contribution is 0.388. The molecular formula is C14H24N4O. The first-order chi connectivity index (χ1) is 9.20. The second-order valence-corrected chi connectivity index (χ2v) is 5.31. The third kappa shape index (κ3) is 3.80. The highest BCUT2D eigenvalue weighted by molar-refractivity contribution is 5.42. The number of nitrogens with one attached hydrogen (secondary N) is 1. The van der Waals surface area contributed by atoms with Crippen molar-refractivity contribution in [1.29, 1.82) is 0 Å². The van der Waals surface area contributed by atoms with Gasteiger partial charge in [0.1, 0.15) is 12.1 Å². The minimum atomic E-state index is 0.406. The summed E-state index contributed by atoms with van der Waals surface area (Å²) in [6.45, 7) is 6.50. The van der Waals surface area contributed by atoms with Crippen LogP contribution in [-0.2, 0) is 0 Å². The molecule has 1 aromatic heterocycles. The number of anilines is 1. The molecule has 0 spiro atoms. The lowest BCUT2D eigenvalue weighted by atomic mass is 10.0. The predicted molar refractivity (Wildman–Crippen MR) is 76.7 cm³/mol. The van der Waals surface area contributed by atoms with E-state index in [0.717, 1.165) is 18.9 Å². The van der Waals surface area contributed by atoms with Gasteiger partial charge in [-0.05, 0) is 33.2 Å². The molecule has 106 valence electrons. The van der Waals surface area contributed by atoms with Crippen LogP contribution in [0.2, 0.25) is 0 Å². The third-order valence-electron chi connectivity index (χ3n) is 3.58. The molecule has 2 heterocycles. The lowest BCUT2D eigenvalue weighted by Gasteiger charge is -2.34. The van der Waals surface area contributed by atoms with Gasteiger partial charge in [-0.25, -0.2) is 9.97 Å². The van der Waals surface area contributed by atoms with Gasteiger partial charge in [0.05, 0.1) is 7.11 Å². The molecule has 19 heavy (non-hydrogen) atoms. The summed E-state index contributed by atoms with van der Waals surface area (Å²) in [5.41, 5.74) is 0. The Labute approximate surface area is 115 Å². The summed E-state index contributed by atoms with van der Waals surface area (Å²) in [6.07, 6.45) is 5.42. The van der Waals surface area contributed by atoms with Crippen molar-refractivity contribution in [2.45, 2.75) is 45.2 Å². The first-order valence-electron chi connectivity index (χ1n) is 7.06. The zero-order valence-corrected chi connectivity index (χ0v) is 12.1. The third-order valence-corrected chi connectivity index (χ3v) is 3.58. The average Bonchev–Trinajstić information content (AvgIpc) is 2.45. The molecule has 1 atom stereocenters. The number of methoxy groups -OCH3 is 1. The van der Waals surface area contributed by atoms with E-state index in [4.69, 9.17) is 4.74 Å². The lowest BCUT2D eigenvalue weighted by Crippen LogP contribution is -2.46. The number of hydrogen-bond donors (Lipinski definition) is 1. The van der Waals surface area contributed by atoms with Crippen molar-refractivity contribution in [3.05, 3.63) is 12.4 Å². The van der Waals surface area contributed by atoms with Crippen LogP contribution in [0.1, 0.15) is 33.1 Å². The summed E-state index contributed by atoms with van der Waals surface area (Å²) >= 11 is 0. The van der Waals surface area contributed by atoms with E-state index in [9.17, 15) is 0 Å². The molecule has 2 rings (SSSR count). The van der Waals surface area contributed by atoms with Gasteiger partial charge < -0.3 is 15.0 Å². The second-order valence-electron chi connectivity index (χ2n) is 5.31. The molecular weight excluding hydrogens is 240 g/mol. The van der Waals surface area contributed by atoms with Crippen LogP contribution in [0.4, 0.5) is 5.82 Å². The normalized spacial score (nSPS) is 19.5. The van der Waals surface area contributed by atoms with E-state index in [1.807, 2.05) is 6.07 Å². The predicted octanol–water partition coefficient (Wildman–Crippen LogP) is 1.84. The summed E-state index contributed by atoms with van der Waals surface area (Å²) in [4.78, 5) is 10.8. The molecule has 1 fully saturated rings. The summed E-state index contributed by atoms with van der Waals surface area (Å²) in [5, 5.41) is 3.59. The SMILES string of the molecule is COc1cc(N(CC2CCCCN2)C(C)C)ncn1. The molecule has 5 heteroatoms. The summed E-state index contributed by atoms with van der Waals surface area (Å²) < 4.78 is 5.18. The van der Waals surface area contributed by atoms with Crippen molar-refractivity contribution in [1.82, 2.24) is 15.3 Å². The standard InChI is InChI=1S/C14H24N4O/c1-11(2)18(9-12-6-4-5-7-15-12)13-8-14(19-3)17-10-16-13/h8,10-12,15H,4-7,9H2,1-3H3. The van der Waals surface area contributed by atoms with E-state index in [2.05, 4.69) is 34.0 Å². The van der Waals surface area contributed by atoms with E-state index >= 15 is 0 Å². The maximum atomic E-state index is 5.18. The van der Waals surface area contributed by atoms with Crippen molar-refractivity contribution in [2.75, 3.05) is 25.1 Å². The Kier molecular flexibility index (Phi) is 4.96. The number of hydrogen-bond acceptors (Lipinski definition) is 5. The fraction of sp³-hybridized carbons (Fsp3) is 0.714. The molecule has 0 amide bonds. The first-order valence-corrected chi connectivity index (χ1v) is 7.06. The number of piperidine rings is 1. The van der Waals surface area contributed by atoms with Gasteiger partial charge in [-0.2, -0.15) is 0 Å². The molecule has 0 saturated carbocycles. The van der Waals surface area contributed by atoms with Gasteiger partial charge in [-0.15, -0.1) is 0 Å². The minimum absolute atomic E-state index is 0.406. The summed E-state index contributed by atoms with van der Waals surface area (Å²) in [5.74, 6) is 1.56. The zero-order chi connectivity index (χ0) is 13.7. The molecule has 0 radical (unpaired) electrons. The van der Waals surface area contributed by atoms with Crippen molar-refractivity contribution in [3.63, 3.8) is 0 Å². The highest BCUT2D eigenvalue weighted by Crippen LogP contribution is 2.19. The minimum Gasteiger partial charge on any atom is -0.481 e. The van der Waals surface area contributed by atoms with Crippen LogP contribution in [0, 0.1) is 0 Å². The van der Waals surface area contributed by atoms with Crippen LogP contribution < -0.4 is 15.0 Å². The Balaban J connectivity index is 2.09. The van der Waals surface area contributed by atoms with Crippen LogP contribution in [0.3, 0.4) is 0 Å². The van der Waals surface area contributed by atoms with Crippen molar-refractivity contribution in [3.8, 4) is 5.88 Å². The van der Waals surface area contributed by atoms with E-state index in [0.29, 0.717) is 18.0 Å². The molecule has 1 aliphatic heterocycles. The van der Waals surface area contributed by atoms with Gasteiger partial charge in [-0.3, -0.25) is 0 Å². The molecule has 1 aliphatic rings. The molecule has 1 saturated heterocycles. The van der Waals surface area contributed by atoms with Crippen LogP contribution in [0.5, 0.6) is 5.88 Å². The number of nitrogens with zero attached hydrogens (tertiary/aromatic N) is 3. The Morgan fingerprint density at radius 1 is 1.42 bits per heavy atom. The van der Waals surface area contributed by atoms with E-state index < -0.39 is 0 Å². The van der Waals surface area contributed by atoms with Gasteiger partial charge in [0.25, 0.3) is 0 Å². The van der Waals surface area contributed by atoms with Crippen LogP contribution in [-0.4, -0.2) is 42.3 Å². The van der Waals surface area contributed by atoms with Crippen molar-refractivity contribution >= 4 is 5.82 Å². The maximum absolute atomic E-state index is 5.18. The van der Waals surface area contributed by atoms with Gasteiger partial charge >= 0.3 is 0 Å². The van der Waals surface area contributed by atoms with Gasteiger partial charge in [-0.1, -0.05) is 6.42 Å². The summed E-state index contributed by atoms with van der Waals surface area (Å²) in [6, 6.07) is 2.86. The Bertz CT molecular complexity index is 391. The highest BCUT2D eigenvalue weighted by Gasteiger charge is 2.20. The van der Waals surface area contributed by atoms with Crippen LogP contribution in [0.15, 0.2) is 12.4 Å². The highest BCUT2D eigenvalue weighted by atomic mass is 16.5. The van der Waals surface area contributed by atoms with E-state index in [1.54, 1.807) is 13.4 Å². The quantitative estimate of drug-likeness (QED) is 0.879. The Morgan fingerprint density at radius 2 is 2.26 bits per heavy atom. The van der Waals surface area contributed by atoms with E-state index in [1.165, 1.54) is 19.3 Å². The second kappa shape index (κ2) is 6.70. The van der Waals surface area contributed by atoms with E-state index in [-0.39, 0.29) is 0 Å². The topological polar surface area (TPSA) is 50.3 Å². The largest absolute Gasteiger partial charge is 0.481 e. The maximum Gasteiger partial charge on any atom is 0.218 e. The van der Waals surface area contributed by atoms with Crippen LogP contribution >= 0.6 is 0 Å². The molecule has 1 N–H and O–H groups in total. The Hall–Kier alpha value is -1.36. The Morgan fingerprint density at radius 3 is 2.89 bits per heavy atom. The molecule has 5 nitrogen and oxygen atoms in total. The van der Waals surface area contributed by atoms with Crippen molar-refractivity contribution in [2.24, 2.45) is 0 Å². The molecule has 0 bridgehead atoms. The van der Waals surface area contributed by atoms with Crippen LogP contribution in [0.25, 0.3) is 0 Å². The van der Waals surface area contributed by atoms with Crippen molar-refractivity contribution < 1.29 is 4.74 Å². The molecule has 1 unspecified atom stereocenters. The zero-order valence-electron chi connectivity index (χ0n) is 12.1. The fourth-order valence-electron chi connectivity index (χ4n) is 2.48. The van der Waals surface area contributed by atoms with Gasteiger partial charge in [0.15, 0.2) is 0 Å². The average molecular weight is 264 g/mol. The smallest absolute Gasteiger partial charge is 0.218 e. The molecule has 0 aromatic carbocycles. The fourth-order valence-corrected chi connectivity index (χ4v) is 2.48. The number of rotatable bonds is 5.